The summed E-state index contributed by atoms with van der Waals surface area (Å²) in [4.78, 5) is 3.23. The second-order valence-electron chi connectivity index (χ2n) is 4.59. The first-order valence-electron chi connectivity index (χ1n) is 6.54. The van der Waals surface area contributed by atoms with Gasteiger partial charge in [0.2, 0.25) is 5.96 Å². The van der Waals surface area contributed by atoms with E-state index in [1.807, 2.05) is 60.8 Å². The van der Waals surface area contributed by atoms with E-state index in [-0.39, 0.29) is 5.96 Å². The fourth-order valence-electron chi connectivity index (χ4n) is 2.24. The van der Waals surface area contributed by atoms with Crippen LogP contribution in [0.25, 0.3) is 10.9 Å². The molecule has 0 saturated heterocycles. The summed E-state index contributed by atoms with van der Waals surface area (Å²) in [5.41, 5.74) is 14.5. The van der Waals surface area contributed by atoms with Gasteiger partial charge >= 0.3 is 0 Å². The minimum absolute atomic E-state index is 0.0664. The molecule has 5 heteroatoms. The van der Waals surface area contributed by atoms with Crippen LogP contribution in [0.15, 0.2) is 71.0 Å². The Balaban J connectivity index is 2.20. The summed E-state index contributed by atoms with van der Waals surface area (Å²) in [6.07, 6.45) is 1.92. The lowest BCUT2D eigenvalue weighted by atomic mass is 10.0. The summed E-state index contributed by atoms with van der Waals surface area (Å²) >= 11 is 0. The number of rotatable bonds is 3. The Morgan fingerprint density at radius 3 is 2.33 bits per heavy atom. The third kappa shape index (κ3) is 2.62. The maximum Gasteiger partial charge on any atom is 0.211 e. The molecular formula is C16H15N5. The van der Waals surface area contributed by atoms with Gasteiger partial charge in [0.05, 0.1) is 0 Å². The number of fused-ring (bicyclic) bond motifs is 1. The first-order chi connectivity index (χ1) is 10.3. The molecule has 0 aliphatic rings. The Hall–Kier alpha value is -3.08. The van der Waals surface area contributed by atoms with E-state index in [4.69, 9.17) is 11.5 Å². The first kappa shape index (κ1) is 12.9. The van der Waals surface area contributed by atoms with Crippen LogP contribution < -0.4 is 11.5 Å². The molecule has 21 heavy (non-hydrogen) atoms. The Morgan fingerprint density at radius 1 is 0.857 bits per heavy atom. The number of nitrogens with zero attached hydrogens (tertiary/aromatic N) is 2. The van der Waals surface area contributed by atoms with Gasteiger partial charge in [-0.1, -0.05) is 48.5 Å². The van der Waals surface area contributed by atoms with Crippen molar-refractivity contribution in [3.8, 4) is 0 Å². The maximum absolute atomic E-state index is 5.40. The van der Waals surface area contributed by atoms with Gasteiger partial charge in [0.15, 0.2) is 0 Å². The van der Waals surface area contributed by atoms with Gasteiger partial charge in [-0.15, -0.1) is 10.2 Å². The molecule has 0 aliphatic carbocycles. The average molecular weight is 277 g/mol. The van der Waals surface area contributed by atoms with Crippen LogP contribution in [0.3, 0.4) is 0 Å². The van der Waals surface area contributed by atoms with Crippen LogP contribution in [0.4, 0.5) is 0 Å². The number of H-pyrrole nitrogens is 1. The molecule has 3 rings (SSSR count). The van der Waals surface area contributed by atoms with Crippen molar-refractivity contribution in [3.63, 3.8) is 0 Å². The zero-order valence-corrected chi connectivity index (χ0v) is 11.3. The zero-order chi connectivity index (χ0) is 14.7. The van der Waals surface area contributed by atoms with Crippen molar-refractivity contribution >= 4 is 22.6 Å². The number of aromatic amines is 1. The van der Waals surface area contributed by atoms with Crippen LogP contribution in [0.1, 0.15) is 11.1 Å². The smallest absolute Gasteiger partial charge is 0.211 e. The molecule has 0 unspecified atom stereocenters. The van der Waals surface area contributed by atoms with E-state index in [1.54, 1.807) is 0 Å². The van der Waals surface area contributed by atoms with E-state index in [0.29, 0.717) is 0 Å². The van der Waals surface area contributed by atoms with Crippen LogP contribution in [-0.4, -0.2) is 16.7 Å². The van der Waals surface area contributed by atoms with Crippen molar-refractivity contribution in [2.75, 3.05) is 0 Å². The van der Waals surface area contributed by atoms with Crippen LogP contribution >= 0.6 is 0 Å². The number of aromatic nitrogens is 1. The van der Waals surface area contributed by atoms with Crippen molar-refractivity contribution in [1.82, 2.24) is 4.98 Å². The molecule has 3 aromatic rings. The minimum atomic E-state index is -0.0664. The summed E-state index contributed by atoms with van der Waals surface area (Å²) in [6, 6.07) is 17.8. The first-order valence-corrected chi connectivity index (χ1v) is 6.54. The highest BCUT2D eigenvalue weighted by Gasteiger charge is 2.12. The highest BCUT2D eigenvalue weighted by molar-refractivity contribution is 6.19. The predicted molar refractivity (Wildman–Crippen MR) is 86.2 cm³/mol. The Kier molecular flexibility index (Phi) is 3.39. The molecule has 0 spiro atoms. The average Bonchev–Trinajstić information content (AvgIpc) is 2.93. The number of guanidine groups is 1. The van der Waals surface area contributed by atoms with Gasteiger partial charge in [0, 0.05) is 28.2 Å². The quantitative estimate of drug-likeness (QED) is 0.389. The van der Waals surface area contributed by atoms with Crippen molar-refractivity contribution < 1.29 is 0 Å². The minimum Gasteiger partial charge on any atom is -0.369 e. The van der Waals surface area contributed by atoms with Crippen molar-refractivity contribution in [3.05, 3.63) is 71.9 Å². The Bertz CT molecular complexity index is 811. The largest absolute Gasteiger partial charge is 0.369 e. The van der Waals surface area contributed by atoms with E-state index in [2.05, 4.69) is 15.2 Å². The third-order valence-corrected chi connectivity index (χ3v) is 3.16. The lowest BCUT2D eigenvalue weighted by Gasteiger charge is -2.04. The Labute approximate surface area is 122 Å². The van der Waals surface area contributed by atoms with E-state index in [0.717, 1.165) is 27.7 Å². The van der Waals surface area contributed by atoms with Crippen LogP contribution in [0.2, 0.25) is 0 Å². The van der Waals surface area contributed by atoms with Gasteiger partial charge in [-0.25, -0.2) is 0 Å². The number of hydrogen-bond acceptors (Lipinski definition) is 2. The third-order valence-electron chi connectivity index (χ3n) is 3.16. The number of benzene rings is 2. The standard InChI is InChI=1S/C16H15N5/c17-16(18)21-20-15(11-6-2-1-3-7-11)13-10-19-14-9-5-4-8-12(13)14/h1-10,19H,(H4,17,18,21). The van der Waals surface area contributed by atoms with Gasteiger partial charge in [0.25, 0.3) is 0 Å². The van der Waals surface area contributed by atoms with E-state index >= 15 is 0 Å². The number of hydrogen-bond donors (Lipinski definition) is 3. The number of nitrogens with one attached hydrogen (secondary N) is 1. The summed E-state index contributed by atoms with van der Waals surface area (Å²) < 4.78 is 0. The van der Waals surface area contributed by atoms with Crippen LogP contribution in [-0.2, 0) is 0 Å². The molecule has 0 aliphatic heterocycles. The van der Waals surface area contributed by atoms with E-state index in [9.17, 15) is 0 Å². The summed E-state index contributed by atoms with van der Waals surface area (Å²) in [5, 5.41) is 9.11. The molecule has 5 N–H and O–H groups in total. The molecule has 104 valence electrons. The van der Waals surface area contributed by atoms with E-state index in [1.165, 1.54) is 0 Å². The van der Waals surface area contributed by atoms with Gasteiger partial charge in [-0.05, 0) is 6.07 Å². The normalized spacial score (nSPS) is 11.5. The van der Waals surface area contributed by atoms with E-state index < -0.39 is 0 Å². The summed E-state index contributed by atoms with van der Waals surface area (Å²) in [6.45, 7) is 0. The maximum atomic E-state index is 5.40. The monoisotopic (exact) mass is 277 g/mol. The summed E-state index contributed by atoms with van der Waals surface area (Å²) in [5.74, 6) is -0.0664. The molecule has 0 atom stereocenters. The molecular weight excluding hydrogens is 262 g/mol. The van der Waals surface area contributed by atoms with Crippen molar-refractivity contribution in [2.45, 2.75) is 0 Å². The lowest BCUT2D eigenvalue weighted by molar-refractivity contribution is 1.20. The highest BCUT2D eigenvalue weighted by Crippen LogP contribution is 2.21. The molecule has 5 nitrogen and oxygen atoms in total. The molecule has 0 fully saturated rings. The van der Waals surface area contributed by atoms with Gasteiger partial charge < -0.3 is 16.5 Å². The fourth-order valence-corrected chi connectivity index (χ4v) is 2.24. The second kappa shape index (κ2) is 5.50. The fraction of sp³-hybridized carbons (Fsp3) is 0. The van der Waals surface area contributed by atoms with Crippen LogP contribution in [0, 0.1) is 0 Å². The molecule has 1 heterocycles. The van der Waals surface area contributed by atoms with Gasteiger partial charge in [-0.3, -0.25) is 0 Å². The lowest BCUT2D eigenvalue weighted by Crippen LogP contribution is -2.22. The van der Waals surface area contributed by atoms with Crippen LogP contribution in [0.5, 0.6) is 0 Å². The second-order valence-corrected chi connectivity index (χ2v) is 4.59. The molecule has 0 saturated carbocycles. The van der Waals surface area contributed by atoms with Crippen molar-refractivity contribution in [1.29, 1.82) is 0 Å². The molecule has 2 aromatic carbocycles. The molecule has 0 radical (unpaired) electrons. The molecule has 0 bridgehead atoms. The number of nitrogens with two attached hydrogens (primary N) is 2. The SMILES string of the molecule is NC(N)=NN=C(c1ccccc1)c1c[nH]c2ccccc12. The molecule has 1 aromatic heterocycles. The van der Waals surface area contributed by atoms with Gasteiger partial charge in [-0.2, -0.15) is 0 Å². The molecule has 0 amide bonds. The topological polar surface area (TPSA) is 92.6 Å². The summed E-state index contributed by atoms with van der Waals surface area (Å²) in [7, 11) is 0. The highest BCUT2D eigenvalue weighted by atomic mass is 15.3. The zero-order valence-electron chi connectivity index (χ0n) is 11.3. The predicted octanol–water partition coefficient (Wildman–Crippen LogP) is 2.19. The van der Waals surface area contributed by atoms with Crippen molar-refractivity contribution in [2.24, 2.45) is 21.7 Å². The Morgan fingerprint density at radius 2 is 1.57 bits per heavy atom. The van der Waals surface area contributed by atoms with Gasteiger partial charge in [0.1, 0.15) is 5.71 Å². The number of para-hydroxylation sites is 1.